The lowest BCUT2D eigenvalue weighted by molar-refractivity contribution is -0.187. The van der Waals surface area contributed by atoms with E-state index in [0.29, 0.717) is 31.2 Å². The van der Waals surface area contributed by atoms with Crippen LogP contribution in [0.3, 0.4) is 0 Å². The summed E-state index contributed by atoms with van der Waals surface area (Å²) < 4.78 is 11.3. The molecule has 2 unspecified atom stereocenters. The SMILES string of the molecule is CC(=O)OCC(=O)[C@@]1(OC(=O)c2ccccc2)CC[C@H]2[C@@H]3CC(C)C4=CC(=O)CC[C@]4(C)[C@H]3C(O)C[C@@]21C. The number of allylic oxidation sites excluding steroid dienone is 1. The van der Waals surface area contributed by atoms with Gasteiger partial charge in [0.2, 0.25) is 5.78 Å². The molecule has 4 aliphatic carbocycles. The van der Waals surface area contributed by atoms with E-state index in [0.717, 1.165) is 12.0 Å². The second-order valence-corrected chi connectivity index (χ2v) is 12.4. The summed E-state index contributed by atoms with van der Waals surface area (Å²) in [7, 11) is 0. The van der Waals surface area contributed by atoms with E-state index in [1.165, 1.54) is 6.92 Å². The average Bonchev–Trinajstić information content (AvgIpc) is 3.16. The van der Waals surface area contributed by atoms with Crippen molar-refractivity contribution < 1.29 is 33.8 Å². The van der Waals surface area contributed by atoms with E-state index in [2.05, 4.69) is 13.8 Å². The summed E-state index contributed by atoms with van der Waals surface area (Å²) in [5, 5.41) is 11.8. The third kappa shape index (κ3) is 3.96. The van der Waals surface area contributed by atoms with E-state index < -0.39 is 41.4 Å². The molecule has 1 aromatic rings. The smallest absolute Gasteiger partial charge is 0.339 e. The lowest BCUT2D eigenvalue weighted by atomic mass is 9.44. The number of hydrogen-bond donors (Lipinski definition) is 1. The second-order valence-electron chi connectivity index (χ2n) is 12.4. The van der Waals surface area contributed by atoms with Crippen molar-refractivity contribution in [3.05, 3.63) is 47.5 Å². The largest absolute Gasteiger partial charge is 0.458 e. The van der Waals surface area contributed by atoms with Crippen molar-refractivity contribution >= 4 is 23.5 Å². The molecular formula is C31H38O7. The molecule has 1 aromatic carbocycles. The maximum atomic E-state index is 13.9. The van der Waals surface area contributed by atoms with Gasteiger partial charge in [0.25, 0.3) is 0 Å². The van der Waals surface area contributed by atoms with Gasteiger partial charge >= 0.3 is 11.9 Å². The minimum absolute atomic E-state index is 0.0270. The molecule has 0 aromatic heterocycles. The zero-order chi connectivity index (χ0) is 27.5. The zero-order valence-electron chi connectivity index (χ0n) is 22.7. The Morgan fingerprint density at radius 3 is 2.50 bits per heavy atom. The molecule has 0 heterocycles. The van der Waals surface area contributed by atoms with Crippen LogP contribution in [0.1, 0.15) is 76.6 Å². The second kappa shape index (κ2) is 9.44. The van der Waals surface area contributed by atoms with E-state index in [9.17, 15) is 24.3 Å². The van der Waals surface area contributed by atoms with Crippen LogP contribution in [0.5, 0.6) is 0 Å². The number of carbonyl (C=O) groups is 4. The van der Waals surface area contributed by atoms with Crippen molar-refractivity contribution in [1.82, 2.24) is 0 Å². The lowest BCUT2D eigenvalue weighted by Crippen LogP contribution is -2.63. The van der Waals surface area contributed by atoms with Crippen LogP contribution in [0, 0.1) is 34.5 Å². The summed E-state index contributed by atoms with van der Waals surface area (Å²) >= 11 is 0. The fourth-order valence-electron chi connectivity index (χ4n) is 8.86. The predicted octanol–water partition coefficient (Wildman–Crippen LogP) is 4.46. The number of rotatable bonds is 5. The molecule has 0 aliphatic heterocycles. The highest BCUT2D eigenvalue weighted by Gasteiger charge is 2.71. The minimum atomic E-state index is -1.52. The number of esters is 2. The number of ether oxygens (including phenoxy) is 2. The molecule has 204 valence electrons. The molecule has 8 atom stereocenters. The summed E-state index contributed by atoms with van der Waals surface area (Å²) in [6.07, 6.45) is 4.34. The van der Waals surface area contributed by atoms with Crippen molar-refractivity contribution in [3.8, 4) is 0 Å². The fourth-order valence-corrected chi connectivity index (χ4v) is 8.86. The quantitative estimate of drug-likeness (QED) is 0.569. The van der Waals surface area contributed by atoms with Gasteiger partial charge in [-0.25, -0.2) is 4.79 Å². The van der Waals surface area contributed by atoms with Crippen LogP contribution >= 0.6 is 0 Å². The van der Waals surface area contributed by atoms with Gasteiger partial charge < -0.3 is 14.6 Å². The van der Waals surface area contributed by atoms with Gasteiger partial charge in [0.1, 0.15) is 0 Å². The van der Waals surface area contributed by atoms with E-state index in [-0.39, 0.29) is 41.3 Å². The summed E-state index contributed by atoms with van der Waals surface area (Å²) in [6.45, 7) is 7.08. The molecule has 1 N–H and O–H groups in total. The Morgan fingerprint density at radius 2 is 1.82 bits per heavy atom. The van der Waals surface area contributed by atoms with Gasteiger partial charge in [-0.05, 0) is 79.4 Å². The molecule has 0 spiro atoms. The third-order valence-electron chi connectivity index (χ3n) is 10.5. The monoisotopic (exact) mass is 522 g/mol. The van der Waals surface area contributed by atoms with Crippen LogP contribution < -0.4 is 0 Å². The number of aliphatic hydroxyl groups is 1. The van der Waals surface area contributed by atoms with Gasteiger partial charge in [-0.2, -0.15) is 0 Å². The molecule has 3 saturated carbocycles. The number of Topliss-reactive ketones (excluding diaryl/α,β-unsaturated/α-hetero) is 1. The Bertz CT molecular complexity index is 1190. The van der Waals surface area contributed by atoms with Gasteiger partial charge in [0.15, 0.2) is 18.0 Å². The zero-order valence-corrected chi connectivity index (χ0v) is 22.7. The van der Waals surface area contributed by atoms with Gasteiger partial charge in [-0.3, -0.25) is 14.4 Å². The Morgan fingerprint density at radius 1 is 1.11 bits per heavy atom. The normalized spacial score (nSPS) is 39.8. The first kappa shape index (κ1) is 26.8. The number of aliphatic hydroxyl groups excluding tert-OH is 1. The third-order valence-corrected chi connectivity index (χ3v) is 10.5. The van der Waals surface area contributed by atoms with Gasteiger partial charge in [0, 0.05) is 18.8 Å². The summed E-state index contributed by atoms with van der Waals surface area (Å²) in [5.74, 6) is -1.19. The number of carbonyl (C=O) groups excluding carboxylic acids is 4. The highest BCUT2D eigenvalue weighted by atomic mass is 16.6. The topological polar surface area (TPSA) is 107 Å². The molecule has 38 heavy (non-hydrogen) atoms. The predicted molar refractivity (Wildman–Crippen MR) is 139 cm³/mol. The Kier molecular flexibility index (Phi) is 6.65. The summed E-state index contributed by atoms with van der Waals surface area (Å²) in [5.41, 5.74) is -1.16. The van der Waals surface area contributed by atoms with Crippen LogP contribution in [0.15, 0.2) is 42.0 Å². The Balaban J connectivity index is 1.55. The van der Waals surface area contributed by atoms with Crippen LogP contribution in [0.4, 0.5) is 0 Å². The highest BCUT2D eigenvalue weighted by molar-refractivity contribution is 5.97. The standard InChI is InChI=1S/C31H38O7/c1-18-14-22-23-11-13-31(26(35)17-37-19(2)32,38-28(36)20-8-6-5-7-9-20)30(23,4)16-25(34)27(22)29(3)12-10-21(33)15-24(18)29/h5-9,15,18,22-23,25,27,34H,10-14,16-17H2,1-4H3/t18?,22-,23-,25?,27+,29-,30-,31-/m0/s1. The van der Waals surface area contributed by atoms with Gasteiger partial charge in [0.05, 0.1) is 11.7 Å². The van der Waals surface area contributed by atoms with Gasteiger partial charge in [-0.15, -0.1) is 0 Å². The number of ketones is 2. The lowest BCUT2D eigenvalue weighted by Gasteiger charge is -2.62. The Hall–Kier alpha value is -2.80. The van der Waals surface area contributed by atoms with E-state index in [1.807, 2.05) is 13.0 Å². The highest BCUT2D eigenvalue weighted by Crippen LogP contribution is 2.69. The minimum Gasteiger partial charge on any atom is -0.458 e. The van der Waals surface area contributed by atoms with E-state index >= 15 is 0 Å². The number of fused-ring (bicyclic) bond motifs is 5. The molecule has 0 bridgehead atoms. The fraction of sp³-hybridized carbons (Fsp3) is 0.613. The molecular weight excluding hydrogens is 484 g/mol. The van der Waals surface area contributed by atoms with E-state index in [4.69, 9.17) is 9.47 Å². The Labute approximate surface area is 224 Å². The first-order valence-corrected chi connectivity index (χ1v) is 13.8. The van der Waals surface area contributed by atoms with Crippen molar-refractivity contribution in [2.24, 2.45) is 34.5 Å². The van der Waals surface area contributed by atoms with E-state index in [1.54, 1.807) is 30.3 Å². The summed E-state index contributed by atoms with van der Waals surface area (Å²) in [4.78, 5) is 51.1. The summed E-state index contributed by atoms with van der Waals surface area (Å²) in [6, 6.07) is 8.57. The van der Waals surface area contributed by atoms with Crippen molar-refractivity contribution in [1.29, 1.82) is 0 Å². The van der Waals surface area contributed by atoms with Crippen LogP contribution in [0.2, 0.25) is 0 Å². The average molecular weight is 523 g/mol. The van der Waals surface area contributed by atoms with Crippen LogP contribution in [-0.2, 0) is 23.9 Å². The first-order chi connectivity index (χ1) is 17.9. The molecule has 0 radical (unpaired) electrons. The van der Waals surface area contributed by atoms with Crippen LogP contribution in [-0.4, -0.2) is 46.9 Å². The van der Waals surface area contributed by atoms with Crippen molar-refractivity contribution in [2.75, 3.05) is 6.61 Å². The number of benzene rings is 1. The van der Waals surface area contributed by atoms with Crippen molar-refractivity contribution in [2.45, 2.75) is 77.9 Å². The molecule has 0 saturated heterocycles. The molecule has 7 heteroatoms. The molecule has 7 nitrogen and oxygen atoms in total. The molecule has 3 fully saturated rings. The maximum Gasteiger partial charge on any atom is 0.339 e. The van der Waals surface area contributed by atoms with Crippen LogP contribution in [0.25, 0.3) is 0 Å². The maximum absolute atomic E-state index is 13.9. The molecule has 4 aliphatic rings. The van der Waals surface area contributed by atoms with Gasteiger partial charge in [-0.1, -0.05) is 44.5 Å². The van der Waals surface area contributed by atoms with Crippen molar-refractivity contribution in [3.63, 3.8) is 0 Å². The molecule has 5 rings (SSSR count). The number of hydrogen-bond acceptors (Lipinski definition) is 7. The molecule has 0 amide bonds. The first-order valence-electron chi connectivity index (χ1n) is 13.8.